The van der Waals surface area contributed by atoms with E-state index >= 15 is 0 Å². The Labute approximate surface area is 90.3 Å². The Hall–Kier alpha value is -2.68. The van der Waals surface area contributed by atoms with Crippen molar-refractivity contribution in [3.8, 4) is 17.5 Å². The summed E-state index contributed by atoms with van der Waals surface area (Å²) in [6, 6.07) is 7.87. The fourth-order valence-corrected chi connectivity index (χ4v) is 1.27. The largest absolute Gasteiger partial charge is 0.330 e. The van der Waals surface area contributed by atoms with E-state index in [-0.39, 0.29) is 5.69 Å². The van der Waals surface area contributed by atoms with Crippen LogP contribution in [0.2, 0.25) is 0 Å². The van der Waals surface area contributed by atoms with E-state index in [1.807, 2.05) is 6.07 Å². The molecule has 0 aliphatic carbocycles. The van der Waals surface area contributed by atoms with E-state index in [0.717, 1.165) is 0 Å². The molecule has 1 N–H and O–H groups in total. The van der Waals surface area contributed by atoms with Gasteiger partial charge in [0, 0.05) is 17.7 Å². The van der Waals surface area contributed by atoms with Crippen LogP contribution < -0.4 is 0 Å². The SMILES string of the molecule is N#Cc1cnc(-c2ccc([N+](=O)[O-])cc2)[nH]1. The molecule has 0 amide bonds. The van der Waals surface area contributed by atoms with Gasteiger partial charge in [-0.15, -0.1) is 0 Å². The maximum Gasteiger partial charge on any atom is 0.269 e. The molecule has 1 heterocycles. The first-order chi connectivity index (χ1) is 7.70. The molecule has 2 aromatic rings. The average molecular weight is 214 g/mol. The van der Waals surface area contributed by atoms with Gasteiger partial charge in [-0.25, -0.2) is 4.98 Å². The lowest BCUT2D eigenvalue weighted by Crippen LogP contribution is -1.87. The van der Waals surface area contributed by atoms with Crippen molar-refractivity contribution >= 4 is 5.69 Å². The number of aromatic amines is 1. The lowest BCUT2D eigenvalue weighted by molar-refractivity contribution is -0.384. The van der Waals surface area contributed by atoms with E-state index in [9.17, 15) is 10.1 Å². The molecule has 0 saturated heterocycles. The van der Waals surface area contributed by atoms with Crippen molar-refractivity contribution in [2.45, 2.75) is 0 Å². The van der Waals surface area contributed by atoms with Crippen LogP contribution >= 0.6 is 0 Å². The van der Waals surface area contributed by atoms with Crippen molar-refractivity contribution in [3.05, 3.63) is 46.3 Å². The van der Waals surface area contributed by atoms with E-state index in [1.54, 1.807) is 12.1 Å². The minimum absolute atomic E-state index is 0.0239. The van der Waals surface area contributed by atoms with E-state index in [2.05, 4.69) is 9.97 Å². The first-order valence-corrected chi connectivity index (χ1v) is 4.40. The molecule has 16 heavy (non-hydrogen) atoms. The van der Waals surface area contributed by atoms with Gasteiger partial charge >= 0.3 is 0 Å². The summed E-state index contributed by atoms with van der Waals surface area (Å²) in [4.78, 5) is 16.7. The summed E-state index contributed by atoms with van der Waals surface area (Å²) >= 11 is 0. The lowest BCUT2D eigenvalue weighted by atomic mass is 10.2. The van der Waals surface area contributed by atoms with Crippen LogP contribution in [0.4, 0.5) is 5.69 Å². The summed E-state index contributed by atoms with van der Waals surface area (Å²) < 4.78 is 0. The van der Waals surface area contributed by atoms with Crippen molar-refractivity contribution in [2.24, 2.45) is 0 Å². The third-order valence-electron chi connectivity index (χ3n) is 2.05. The predicted molar refractivity (Wildman–Crippen MR) is 55.4 cm³/mol. The second kappa shape index (κ2) is 3.82. The maximum absolute atomic E-state index is 10.4. The van der Waals surface area contributed by atoms with Gasteiger partial charge in [-0.2, -0.15) is 5.26 Å². The fraction of sp³-hybridized carbons (Fsp3) is 0. The van der Waals surface area contributed by atoms with Gasteiger partial charge in [0.25, 0.3) is 5.69 Å². The average Bonchev–Trinajstić information content (AvgIpc) is 2.77. The zero-order valence-electron chi connectivity index (χ0n) is 8.04. The van der Waals surface area contributed by atoms with Crippen molar-refractivity contribution in [1.29, 1.82) is 5.26 Å². The highest BCUT2D eigenvalue weighted by atomic mass is 16.6. The van der Waals surface area contributed by atoms with Crippen LogP contribution in [0.3, 0.4) is 0 Å². The van der Waals surface area contributed by atoms with Crippen LogP contribution in [-0.2, 0) is 0 Å². The molecular weight excluding hydrogens is 208 g/mol. The molecule has 6 nitrogen and oxygen atoms in total. The predicted octanol–water partition coefficient (Wildman–Crippen LogP) is 1.86. The van der Waals surface area contributed by atoms with Gasteiger partial charge in [-0.1, -0.05) is 0 Å². The van der Waals surface area contributed by atoms with Crippen LogP contribution in [-0.4, -0.2) is 14.9 Å². The topological polar surface area (TPSA) is 95.6 Å². The highest BCUT2D eigenvalue weighted by Crippen LogP contribution is 2.19. The second-order valence-corrected chi connectivity index (χ2v) is 3.06. The van der Waals surface area contributed by atoms with Crippen molar-refractivity contribution in [2.75, 3.05) is 0 Å². The van der Waals surface area contributed by atoms with E-state index in [4.69, 9.17) is 5.26 Å². The summed E-state index contributed by atoms with van der Waals surface area (Å²) in [6.45, 7) is 0. The summed E-state index contributed by atoms with van der Waals surface area (Å²) in [5.41, 5.74) is 1.08. The van der Waals surface area contributed by atoms with Crippen LogP contribution in [0.1, 0.15) is 5.69 Å². The third kappa shape index (κ3) is 1.74. The van der Waals surface area contributed by atoms with Crippen LogP contribution in [0, 0.1) is 21.4 Å². The number of aromatic nitrogens is 2. The molecule has 6 heteroatoms. The molecule has 0 bridgehead atoms. The van der Waals surface area contributed by atoms with Gasteiger partial charge < -0.3 is 4.98 Å². The number of nitriles is 1. The quantitative estimate of drug-likeness (QED) is 0.609. The van der Waals surface area contributed by atoms with Crippen molar-refractivity contribution in [3.63, 3.8) is 0 Å². The fourth-order valence-electron chi connectivity index (χ4n) is 1.27. The first kappa shape index (κ1) is 9.86. The van der Waals surface area contributed by atoms with Gasteiger partial charge in [-0.3, -0.25) is 10.1 Å². The Morgan fingerprint density at radius 2 is 2.06 bits per heavy atom. The molecular formula is C10H6N4O2. The van der Waals surface area contributed by atoms with Gasteiger partial charge in [0.2, 0.25) is 0 Å². The molecule has 0 aliphatic rings. The van der Waals surface area contributed by atoms with Crippen molar-refractivity contribution < 1.29 is 4.92 Å². The maximum atomic E-state index is 10.4. The number of rotatable bonds is 2. The Balaban J connectivity index is 2.35. The molecule has 0 aliphatic heterocycles. The van der Waals surface area contributed by atoms with E-state index < -0.39 is 4.92 Å². The standard InChI is InChI=1S/C10H6N4O2/c11-5-8-6-12-10(13-8)7-1-3-9(4-2-7)14(15)16/h1-4,6H,(H,12,13). The zero-order chi connectivity index (χ0) is 11.5. The number of benzene rings is 1. The van der Waals surface area contributed by atoms with Gasteiger partial charge in [0.1, 0.15) is 17.6 Å². The number of imidazole rings is 1. The van der Waals surface area contributed by atoms with Crippen LogP contribution in [0.15, 0.2) is 30.5 Å². The zero-order valence-corrected chi connectivity index (χ0v) is 8.04. The molecule has 0 saturated carbocycles. The van der Waals surface area contributed by atoms with E-state index in [1.165, 1.54) is 18.3 Å². The van der Waals surface area contributed by atoms with Crippen LogP contribution in [0.25, 0.3) is 11.4 Å². The van der Waals surface area contributed by atoms with E-state index in [0.29, 0.717) is 17.1 Å². The Kier molecular flexibility index (Phi) is 2.36. The molecule has 0 spiro atoms. The number of H-pyrrole nitrogens is 1. The number of nitro groups is 1. The van der Waals surface area contributed by atoms with Gasteiger partial charge in [0.15, 0.2) is 0 Å². The van der Waals surface area contributed by atoms with Crippen LogP contribution in [0.5, 0.6) is 0 Å². The molecule has 2 rings (SSSR count). The molecule has 0 radical (unpaired) electrons. The monoisotopic (exact) mass is 214 g/mol. The summed E-state index contributed by atoms with van der Waals surface area (Å²) in [7, 11) is 0. The molecule has 78 valence electrons. The molecule has 1 aromatic heterocycles. The Morgan fingerprint density at radius 1 is 1.38 bits per heavy atom. The molecule has 0 unspecified atom stereocenters. The van der Waals surface area contributed by atoms with Crippen molar-refractivity contribution in [1.82, 2.24) is 9.97 Å². The molecule has 1 aromatic carbocycles. The molecule has 0 fully saturated rings. The number of nitrogens with one attached hydrogen (secondary N) is 1. The summed E-state index contributed by atoms with van der Waals surface area (Å²) in [6.07, 6.45) is 1.41. The number of nitrogens with zero attached hydrogens (tertiary/aromatic N) is 3. The number of nitro benzene ring substituents is 1. The number of non-ortho nitro benzene ring substituents is 1. The van der Waals surface area contributed by atoms with Gasteiger partial charge in [0.05, 0.1) is 11.1 Å². The number of hydrogen-bond acceptors (Lipinski definition) is 4. The highest BCUT2D eigenvalue weighted by Gasteiger charge is 2.07. The molecule has 0 atom stereocenters. The highest BCUT2D eigenvalue weighted by molar-refractivity contribution is 5.58. The first-order valence-electron chi connectivity index (χ1n) is 4.40. The number of hydrogen-bond donors (Lipinski definition) is 1. The normalized spacial score (nSPS) is 9.69. The third-order valence-corrected chi connectivity index (χ3v) is 2.05. The van der Waals surface area contributed by atoms with Gasteiger partial charge in [-0.05, 0) is 12.1 Å². The second-order valence-electron chi connectivity index (χ2n) is 3.06. The Morgan fingerprint density at radius 3 is 2.56 bits per heavy atom. The summed E-state index contributed by atoms with van der Waals surface area (Å²) in [5, 5.41) is 19.0. The smallest absolute Gasteiger partial charge is 0.269 e. The minimum atomic E-state index is -0.466. The summed E-state index contributed by atoms with van der Waals surface area (Å²) in [5.74, 6) is 0.520. The Bertz CT molecular complexity index is 565. The minimum Gasteiger partial charge on any atom is -0.330 e. The lowest BCUT2D eigenvalue weighted by Gasteiger charge is -1.95.